The van der Waals surface area contributed by atoms with Gasteiger partial charge in [-0.15, -0.1) is 0 Å². The summed E-state index contributed by atoms with van der Waals surface area (Å²) >= 11 is 0. The van der Waals surface area contributed by atoms with Gasteiger partial charge < -0.3 is 9.67 Å². The summed E-state index contributed by atoms with van der Waals surface area (Å²) in [6.45, 7) is 3.41. The number of allylic oxidation sites excluding steroid dienone is 2. The Balaban J connectivity index is 2.37. The summed E-state index contributed by atoms with van der Waals surface area (Å²) in [5.41, 5.74) is 1.18. The van der Waals surface area contributed by atoms with Crippen LogP contribution in [0.2, 0.25) is 0 Å². The average Bonchev–Trinajstić information content (AvgIpc) is 2.94. The van der Waals surface area contributed by atoms with Gasteiger partial charge in [-0.05, 0) is 18.2 Å². The number of hydrogen-bond donors (Lipinski definition) is 1. The SMILES string of the molecule is C=C/C(=C\C=C\n1cc(C#N)c(-c2ccccc2F)c1)C(=O)O. The Bertz CT molecular complexity index is 854. The molecule has 0 unspecified atom stereocenters. The number of nitriles is 1. The second kappa shape index (κ2) is 7.05. The normalized spacial score (nSPS) is 11.4. The van der Waals surface area contributed by atoms with E-state index in [4.69, 9.17) is 5.11 Å². The van der Waals surface area contributed by atoms with Gasteiger partial charge in [-0.25, -0.2) is 9.18 Å². The Labute approximate surface area is 132 Å². The minimum absolute atomic E-state index is 0.0447. The van der Waals surface area contributed by atoms with Crippen molar-refractivity contribution in [1.29, 1.82) is 5.26 Å². The van der Waals surface area contributed by atoms with Crippen LogP contribution in [0.15, 0.2) is 67.0 Å². The Hall–Kier alpha value is -3.39. The molecule has 0 saturated heterocycles. The molecule has 0 amide bonds. The zero-order valence-corrected chi connectivity index (χ0v) is 12.1. The maximum absolute atomic E-state index is 13.9. The number of benzene rings is 1. The minimum atomic E-state index is -1.08. The maximum atomic E-state index is 13.9. The standard InChI is InChI=1S/C18H13FN2O2/c1-2-13(18(22)23)6-5-9-21-11-14(10-20)16(12-21)15-7-3-4-8-17(15)19/h2-9,11-12H,1H2,(H,22,23)/b9-5+,13-6+. The molecule has 5 heteroatoms. The van der Waals surface area contributed by atoms with E-state index in [0.29, 0.717) is 16.7 Å². The molecule has 0 aliphatic carbocycles. The van der Waals surface area contributed by atoms with Gasteiger partial charge in [0.15, 0.2) is 0 Å². The Morgan fingerprint density at radius 1 is 1.30 bits per heavy atom. The third kappa shape index (κ3) is 3.63. The van der Waals surface area contributed by atoms with E-state index in [1.54, 1.807) is 41.4 Å². The van der Waals surface area contributed by atoms with Gasteiger partial charge in [-0.2, -0.15) is 5.26 Å². The van der Waals surface area contributed by atoms with Gasteiger partial charge in [0.25, 0.3) is 0 Å². The second-order valence-electron chi connectivity index (χ2n) is 4.60. The predicted molar refractivity (Wildman–Crippen MR) is 85.8 cm³/mol. The van der Waals surface area contributed by atoms with E-state index in [9.17, 15) is 14.4 Å². The van der Waals surface area contributed by atoms with Gasteiger partial charge in [0.2, 0.25) is 0 Å². The number of halogens is 1. The first kappa shape index (κ1) is 16.0. The van der Waals surface area contributed by atoms with Crippen molar-refractivity contribution in [3.05, 3.63) is 78.4 Å². The number of carboxylic acid groups (broad SMARTS) is 1. The molecular weight excluding hydrogens is 295 g/mol. The highest BCUT2D eigenvalue weighted by Crippen LogP contribution is 2.26. The zero-order valence-electron chi connectivity index (χ0n) is 12.1. The third-order valence-corrected chi connectivity index (χ3v) is 3.13. The molecular formula is C18H13FN2O2. The van der Waals surface area contributed by atoms with Crippen molar-refractivity contribution in [2.45, 2.75) is 0 Å². The molecule has 2 rings (SSSR count). The van der Waals surface area contributed by atoms with Gasteiger partial charge >= 0.3 is 5.97 Å². The van der Waals surface area contributed by atoms with Gasteiger partial charge in [-0.1, -0.05) is 30.9 Å². The van der Waals surface area contributed by atoms with Gasteiger partial charge in [-0.3, -0.25) is 0 Å². The lowest BCUT2D eigenvalue weighted by atomic mass is 10.1. The predicted octanol–water partition coefficient (Wildman–Crippen LogP) is 3.83. The van der Waals surface area contributed by atoms with Crippen molar-refractivity contribution >= 4 is 12.2 Å². The monoisotopic (exact) mass is 308 g/mol. The Morgan fingerprint density at radius 3 is 2.65 bits per heavy atom. The molecule has 1 aromatic heterocycles. The number of nitrogens with zero attached hydrogens (tertiary/aromatic N) is 2. The van der Waals surface area contributed by atoms with Crippen molar-refractivity contribution < 1.29 is 14.3 Å². The summed E-state index contributed by atoms with van der Waals surface area (Å²) in [4.78, 5) is 10.8. The molecule has 23 heavy (non-hydrogen) atoms. The number of carboxylic acids is 1. The summed E-state index contributed by atoms with van der Waals surface area (Å²) in [6, 6.07) is 8.22. The topological polar surface area (TPSA) is 66.0 Å². The van der Waals surface area contributed by atoms with Crippen LogP contribution in [-0.2, 0) is 4.79 Å². The Kier molecular flexibility index (Phi) is 4.90. The summed E-state index contributed by atoms with van der Waals surface area (Å²) < 4.78 is 15.4. The number of aliphatic carboxylic acids is 1. The van der Waals surface area contributed by atoms with Gasteiger partial charge in [0, 0.05) is 29.7 Å². The summed E-state index contributed by atoms with van der Waals surface area (Å²) in [6.07, 6.45) is 8.84. The molecule has 0 aliphatic rings. The lowest BCUT2D eigenvalue weighted by molar-refractivity contribution is -0.132. The summed E-state index contributed by atoms with van der Waals surface area (Å²) in [5.74, 6) is -1.49. The van der Waals surface area contributed by atoms with Gasteiger partial charge in [0.1, 0.15) is 11.9 Å². The molecule has 114 valence electrons. The quantitative estimate of drug-likeness (QED) is 0.674. The first-order valence-electron chi connectivity index (χ1n) is 6.67. The first-order chi connectivity index (χ1) is 11.1. The third-order valence-electron chi connectivity index (χ3n) is 3.13. The molecule has 0 fully saturated rings. The molecule has 0 spiro atoms. The van der Waals surface area contributed by atoms with Crippen molar-refractivity contribution in [1.82, 2.24) is 4.57 Å². The number of aromatic nitrogens is 1. The van der Waals surface area contributed by atoms with Crippen LogP contribution in [0.3, 0.4) is 0 Å². The molecule has 4 nitrogen and oxygen atoms in total. The van der Waals surface area contributed by atoms with E-state index < -0.39 is 11.8 Å². The summed E-state index contributed by atoms with van der Waals surface area (Å²) in [7, 11) is 0. The molecule has 1 N–H and O–H groups in total. The van der Waals surface area contributed by atoms with Crippen LogP contribution in [0.5, 0.6) is 0 Å². The smallest absolute Gasteiger partial charge is 0.335 e. The van der Waals surface area contributed by atoms with E-state index in [1.165, 1.54) is 24.3 Å². The molecule has 0 atom stereocenters. The maximum Gasteiger partial charge on any atom is 0.335 e. The van der Waals surface area contributed by atoms with Crippen molar-refractivity contribution in [3.8, 4) is 17.2 Å². The van der Waals surface area contributed by atoms with E-state index in [1.807, 2.05) is 6.07 Å². The van der Waals surface area contributed by atoms with Crippen LogP contribution in [0.1, 0.15) is 5.56 Å². The lowest BCUT2D eigenvalue weighted by Crippen LogP contribution is -1.96. The number of carbonyl (C=O) groups is 1. The molecule has 2 aromatic rings. The Morgan fingerprint density at radius 2 is 2.04 bits per heavy atom. The molecule has 1 heterocycles. The van der Waals surface area contributed by atoms with E-state index in [2.05, 4.69) is 6.58 Å². The van der Waals surface area contributed by atoms with E-state index in [0.717, 1.165) is 0 Å². The van der Waals surface area contributed by atoms with Crippen LogP contribution in [0.4, 0.5) is 4.39 Å². The highest BCUT2D eigenvalue weighted by Gasteiger charge is 2.11. The molecule has 1 aromatic carbocycles. The van der Waals surface area contributed by atoms with Crippen molar-refractivity contribution in [2.75, 3.05) is 0 Å². The number of hydrogen-bond acceptors (Lipinski definition) is 2. The molecule has 0 bridgehead atoms. The van der Waals surface area contributed by atoms with Crippen LogP contribution >= 0.6 is 0 Å². The van der Waals surface area contributed by atoms with Crippen molar-refractivity contribution in [3.63, 3.8) is 0 Å². The number of rotatable bonds is 5. The van der Waals surface area contributed by atoms with Crippen LogP contribution in [0.25, 0.3) is 17.3 Å². The highest BCUT2D eigenvalue weighted by molar-refractivity contribution is 5.90. The largest absolute Gasteiger partial charge is 0.478 e. The fourth-order valence-corrected chi connectivity index (χ4v) is 2.02. The molecule has 0 aliphatic heterocycles. The molecule has 0 radical (unpaired) electrons. The first-order valence-corrected chi connectivity index (χ1v) is 6.67. The van der Waals surface area contributed by atoms with E-state index in [-0.39, 0.29) is 5.57 Å². The fourth-order valence-electron chi connectivity index (χ4n) is 2.02. The fraction of sp³-hybridized carbons (Fsp3) is 0. The van der Waals surface area contributed by atoms with Crippen LogP contribution < -0.4 is 0 Å². The van der Waals surface area contributed by atoms with Crippen LogP contribution in [-0.4, -0.2) is 15.6 Å². The average molecular weight is 308 g/mol. The minimum Gasteiger partial charge on any atom is -0.478 e. The van der Waals surface area contributed by atoms with Gasteiger partial charge in [0.05, 0.1) is 11.1 Å². The van der Waals surface area contributed by atoms with Crippen LogP contribution in [0, 0.1) is 17.1 Å². The second-order valence-corrected chi connectivity index (χ2v) is 4.60. The van der Waals surface area contributed by atoms with E-state index >= 15 is 0 Å². The zero-order chi connectivity index (χ0) is 16.8. The van der Waals surface area contributed by atoms with Crippen molar-refractivity contribution in [2.24, 2.45) is 0 Å². The molecule has 0 saturated carbocycles. The summed E-state index contributed by atoms with van der Waals surface area (Å²) in [5, 5.41) is 18.1. The highest BCUT2D eigenvalue weighted by atomic mass is 19.1. The lowest BCUT2D eigenvalue weighted by Gasteiger charge is -2.00.